The number of carbonyl (C=O) groups excluding carboxylic acids is 4. The molecule has 3 radical (unpaired) electrons. The van der Waals surface area contributed by atoms with E-state index >= 15 is 0 Å². The second-order valence-corrected chi connectivity index (χ2v) is 31.8. The molecule has 0 unspecified atom stereocenters. The molecule has 0 spiro atoms. The number of nitrogens with zero attached hydrogens (tertiary/aromatic N) is 17. The molecule has 17 rings (SSSR count). The van der Waals surface area contributed by atoms with E-state index in [4.69, 9.17) is 33.9 Å². The van der Waals surface area contributed by atoms with Crippen molar-refractivity contribution < 1.29 is 92.3 Å². The predicted octanol–water partition coefficient (Wildman–Crippen LogP) is 6.22. The summed E-state index contributed by atoms with van der Waals surface area (Å²) in [6.45, 7) is 30.5. The van der Waals surface area contributed by atoms with E-state index in [1.165, 1.54) is 18.1 Å². The normalized spacial score (nSPS) is 16.3. The number of pyridine rings is 3. The minimum Gasteiger partial charge on any atom is -0.793 e. The Kier molecular flexibility index (Phi) is 35.1. The molecule has 661 valence electrons. The number of halogens is 1. The van der Waals surface area contributed by atoms with Crippen molar-refractivity contribution in [2.24, 2.45) is 0 Å². The SMILES string of the molecule is C.CC(=O)OOC(C)=O.CC1(C)OCC(=O)CO1.CCc1nc(C)cn2nc(-c3cc(=O)n4cc(C5CCN(C(CO)CO)CC5)ccc4n3)cc12.CCc1nc(C)cn2nc(-c3cc(=O)n4cc(C5CCN(C6COC(C)(C)OC6)CC5)ccc4n3)cc12.CCc1nc(C)cn2nc(-c3cc(=O)n4cc(C5CCNCC5)ccc4n3)cc12.Cl.[B-]OC(C)=O.[Na+]. The molecule has 0 aliphatic carbocycles. The fraction of sp³-hybridized carbons (Fsp3) is 0.477. The van der Waals surface area contributed by atoms with Gasteiger partial charge in [0.15, 0.2) is 17.4 Å². The number of fused-ring (bicyclic) bond motifs is 6. The van der Waals surface area contributed by atoms with Gasteiger partial charge in [0.1, 0.15) is 47.2 Å². The largest absolute Gasteiger partial charge is 1.00 e. The number of ketones is 1. The van der Waals surface area contributed by atoms with E-state index in [2.05, 4.69) is 101 Å². The van der Waals surface area contributed by atoms with Crippen LogP contribution in [0.15, 0.2) is 124 Å². The van der Waals surface area contributed by atoms with Gasteiger partial charge >= 0.3 is 41.5 Å². The molecular formula is C88H112BClN18NaO16. The van der Waals surface area contributed by atoms with Crippen LogP contribution in [0.5, 0.6) is 0 Å². The Morgan fingerprint density at radius 3 is 1.13 bits per heavy atom. The molecule has 17 heterocycles. The molecule has 34 nitrogen and oxygen atoms in total. The van der Waals surface area contributed by atoms with Crippen molar-refractivity contribution in [3.8, 4) is 34.2 Å². The maximum atomic E-state index is 13.2. The van der Waals surface area contributed by atoms with Crippen LogP contribution in [0.25, 0.3) is 67.7 Å². The Morgan fingerprint density at radius 1 is 0.488 bits per heavy atom. The number of aliphatic hydroxyl groups is 2. The molecule has 3 N–H and O–H groups in total. The maximum Gasteiger partial charge on any atom is 1.00 e. The smallest absolute Gasteiger partial charge is 0.793 e. The van der Waals surface area contributed by atoms with Crippen molar-refractivity contribution in [1.82, 2.24) is 87.1 Å². The molecule has 37 heteroatoms. The zero-order valence-electron chi connectivity index (χ0n) is 72.8. The van der Waals surface area contributed by atoms with Crippen LogP contribution in [0.1, 0.15) is 184 Å². The predicted molar refractivity (Wildman–Crippen MR) is 468 cm³/mol. The summed E-state index contributed by atoms with van der Waals surface area (Å²) in [5, 5.41) is 36.3. The molecule has 5 saturated heterocycles. The Morgan fingerprint density at radius 2 is 0.816 bits per heavy atom. The summed E-state index contributed by atoms with van der Waals surface area (Å²) in [5.41, 5.74) is 17.3. The van der Waals surface area contributed by atoms with Gasteiger partial charge in [0.05, 0.1) is 125 Å². The van der Waals surface area contributed by atoms with E-state index in [1.807, 2.05) is 128 Å². The molecule has 125 heavy (non-hydrogen) atoms. The third-order valence-corrected chi connectivity index (χ3v) is 21.9. The second-order valence-electron chi connectivity index (χ2n) is 31.8. The van der Waals surface area contributed by atoms with Gasteiger partial charge in [-0.2, -0.15) is 15.3 Å². The summed E-state index contributed by atoms with van der Waals surface area (Å²) in [4.78, 5) is 119. The Hall–Kier alpha value is -9.99. The summed E-state index contributed by atoms with van der Waals surface area (Å²) >= 11 is 0. The molecule has 0 bridgehead atoms. The summed E-state index contributed by atoms with van der Waals surface area (Å²) in [6, 6.07) is 22.8. The Labute approximate surface area is 753 Å². The average molecular weight is 1750 g/mol. The number of carbonyl (C=O) groups is 4. The minimum atomic E-state index is -0.639. The van der Waals surface area contributed by atoms with Crippen molar-refractivity contribution >= 4 is 77.6 Å². The summed E-state index contributed by atoms with van der Waals surface area (Å²) in [5.74, 6) is -1.55. The zero-order chi connectivity index (χ0) is 87.3. The minimum absolute atomic E-state index is 0. The number of likely N-dealkylation sites (tertiary alicyclic amines) is 2. The molecule has 12 aromatic heterocycles. The molecule has 0 atom stereocenters. The van der Waals surface area contributed by atoms with Gasteiger partial charge in [0.25, 0.3) is 16.7 Å². The molecule has 5 aliphatic rings. The van der Waals surface area contributed by atoms with E-state index in [0.717, 1.165) is 167 Å². The van der Waals surface area contributed by atoms with Crippen LogP contribution in [0.3, 0.4) is 0 Å². The standard InChI is InChI=1S/C28H34N6O3.C25H30N6O3.C22H24N6O.C6H10O3.C4H6O4.C2H3BO2.CH4.ClH.Na/c1-5-22-25-12-24(31-34(25)14-18(2)29-22)23-13-27(35)33-15-20(6-7-26(33)30-23)19-8-10-32(11-9-19)21-16-36-28(3,4)37-17-21;1-3-20-23-10-22(28-31(23)12-16(2)26-20)21-11-25(34)30-13-18(4-5-24(30)27-21)17-6-8-29(9-7-17)19(14-32)15-33;1-3-17-20-10-19(26-28(20)12-14(2)24-17)18-11-22(29)27-13-16(4-5-21(27)25-18)15-6-8-23-9-7-15;1-6(2)8-3-5(7)4-9-6;1-3(5)7-8-4(2)6;1-2(4)5-3;;;/h6-7,12-15,19,21H,5,8-11,16-17H2,1-4H3;4-5,10-13,17,19,32-33H,3,6-9,14-15H2,1-2H3;4-5,10-13,15,23H,3,6-9H2,1-2H3;3-4H2,1-2H3;1-2H3;1H3;1H4;1H;/q;;;;;-1;;;+1. The van der Waals surface area contributed by atoms with Crippen LogP contribution in [0, 0.1) is 20.8 Å². The van der Waals surface area contributed by atoms with E-state index in [-0.39, 0.29) is 104 Å². The van der Waals surface area contributed by atoms with Gasteiger partial charge in [-0.1, -0.05) is 46.4 Å². The first-order valence-electron chi connectivity index (χ1n) is 41.3. The first-order valence-corrected chi connectivity index (χ1v) is 41.3. The van der Waals surface area contributed by atoms with Gasteiger partial charge in [0, 0.05) is 57.6 Å². The molecule has 0 saturated carbocycles. The topological polar surface area (TPSA) is 386 Å². The number of hydrogen-bond acceptors (Lipinski definition) is 28. The van der Waals surface area contributed by atoms with Crippen molar-refractivity contribution in [2.75, 3.05) is 78.9 Å². The quantitative estimate of drug-likeness (QED) is 0.0655. The molecule has 12 aromatic rings. The van der Waals surface area contributed by atoms with Crippen LogP contribution in [-0.2, 0) is 71.8 Å². The van der Waals surface area contributed by atoms with Crippen molar-refractivity contribution in [1.29, 1.82) is 0 Å². The van der Waals surface area contributed by atoms with Crippen LogP contribution < -0.4 is 51.6 Å². The fourth-order valence-electron chi connectivity index (χ4n) is 15.4. The molecule has 0 amide bonds. The fourth-order valence-corrected chi connectivity index (χ4v) is 15.4. The number of aromatic nitrogens is 15. The third-order valence-electron chi connectivity index (χ3n) is 21.9. The number of Topliss-reactive ketones (excluding diaryl/α,β-unsaturated/α-hetero) is 1. The van der Waals surface area contributed by atoms with E-state index in [1.54, 1.807) is 45.2 Å². The zero-order valence-corrected chi connectivity index (χ0v) is 75.6. The third kappa shape index (κ3) is 25.3. The average Bonchev–Trinajstić information content (AvgIpc) is 1.63. The molecule has 5 fully saturated rings. The Bertz CT molecular complexity index is 5910. The van der Waals surface area contributed by atoms with E-state index < -0.39 is 29.5 Å². The van der Waals surface area contributed by atoms with Gasteiger partial charge in [0.2, 0.25) is 5.97 Å². The number of rotatable bonds is 13. The number of ether oxygens (including phenoxy) is 4. The van der Waals surface area contributed by atoms with Crippen molar-refractivity contribution in [3.05, 3.63) is 192 Å². The van der Waals surface area contributed by atoms with Gasteiger partial charge in [-0.15, -0.1) is 12.4 Å². The van der Waals surface area contributed by atoms with Gasteiger partial charge in [-0.25, -0.2) is 47.9 Å². The maximum absolute atomic E-state index is 13.2. The Balaban J connectivity index is 0.000000187. The van der Waals surface area contributed by atoms with Crippen LogP contribution >= 0.6 is 12.4 Å². The van der Waals surface area contributed by atoms with Crippen LogP contribution in [0.2, 0.25) is 0 Å². The van der Waals surface area contributed by atoms with Gasteiger partial charge in [-0.05, 0) is 216 Å². The number of piperidine rings is 3. The van der Waals surface area contributed by atoms with Crippen LogP contribution in [0.4, 0.5) is 0 Å². The van der Waals surface area contributed by atoms with Crippen LogP contribution in [-0.4, -0.2) is 226 Å². The number of hydrogen-bond donors (Lipinski definition) is 3. The first kappa shape index (κ1) is 98.8. The molecular weight excluding hydrogens is 1630 g/mol. The summed E-state index contributed by atoms with van der Waals surface area (Å²) in [7, 11) is 4.32. The number of nitrogens with one attached hydrogen (secondary N) is 1. The number of aliphatic hydroxyl groups excluding tert-OH is 2. The monoisotopic (exact) mass is 1750 g/mol. The van der Waals surface area contributed by atoms with Crippen molar-refractivity contribution in [3.63, 3.8) is 0 Å². The van der Waals surface area contributed by atoms with Gasteiger partial charge < -0.3 is 47.2 Å². The summed E-state index contributed by atoms with van der Waals surface area (Å²) in [6.07, 6.45) is 20.0. The van der Waals surface area contributed by atoms with E-state index in [9.17, 15) is 43.8 Å². The first-order chi connectivity index (χ1) is 58.4. The molecule has 0 aromatic carbocycles. The van der Waals surface area contributed by atoms with E-state index in [0.29, 0.717) is 88.1 Å². The van der Waals surface area contributed by atoms with Crippen molar-refractivity contribution in [2.45, 2.75) is 197 Å². The number of aryl methyl sites for hydroxylation is 6. The van der Waals surface area contributed by atoms with Gasteiger partial charge in [-0.3, -0.25) is 61.9 Å². The molecule has 5 aliphatic heterocycles. The summed E-state index contributed by atoms with van der Waals surface area (Å²) < 4.78 is 35.7. The second kappa shape index (κ2) is 44.4.